The largest absolute Gasteiger partial charge is 0.329 e. The molecule has 1 aromatic carbocycles. The normalized spacial score (nSPS) is 10.0. The zero-order valence-corrected chi connectivity index (χ0v) is 11.9. The maximum atomic E-state index is 11.8. The van der Waals surface area contributed by atoms with Crippen LogP contribution in [0, 0.1) is 11.3 Å². The SMILES string of the molecule is Cn1ccnc1SCCC(=O)Nc1ccccc1C#N. The maximum Gasteiger partial charge on any atom is 0.225 e. The first-order valence-electron chi connectivity index (χ1n) is 6.10. The molecule has 0 aliphatic carbocycles. The van der Waals surface area contributed by atoms with Crippen molar-refractivity contribution in [2.24, 2.45) is 7.05 Å². The van der Waals surface area contributed by atoms with Gasteiger partial charge in [-0.3, -0.25) is 4.79 Å². The molecule has 20 heavy (non-hydrogen) atoms. The lowest BCUT2D eigenvalue weighted by Crippen LogP contribution is -2.13. The molecule has 6 heteroatoms. The van der Waals surface area contributed by atoms with Crippen molar-refractivity contribution >= 4 is 23.4 Å². The number of thioether (sulfide) groups is 1. The topological polar surface area (TPSA) is 70.7 Å². The van der Waals surface area contributed by atoms with Gasteiger partial charge in [0.05, 0.1) is 11.3 Å². The maximum absolute atomic E-state index is 11.8. The van der Waals surface area contributed by atoms with Crippen LogP contribution in [0.25, 0.3) is 0 Å². The quantitative estimate of drug-likeness (QED) is 0.857. The van der Waals surface area contributed by atoms with E-state index in [1.165, 1.54) is 11.8 Å². The number of nitriles is 1. The highest BCUT2D eigenvalue weighted by atomic mass is 32.2. The number of hydrogen-bond acceptors (Lipinski definition) is 4. The van der Waals surface area contributed by atoms with Crippen LogP contribution in [-0.2, 0) is 11.8 Å². The molecule has 1 aromatic heterocycles. The predicted molar refractivity (Wildman–Crippen MR) is 78.3 cm³/mol. The van der Waals surface area contributed by atoms with Gasteiger partial charge in [-0.2, -0.15) is 5.26 Å². The molecule has 0 spiro atoms. The number of carbonyl (C=O) groups is 1. The monoisotopic (exact) mass is 286 g/mol. The van der Waals surface area contributed by atoms with Gasteiger partial charge in [-0.15, -0.1) is 0 Å². The highest BCUT2D eigenvalue weighted by Crippen LogP contribution is 2.17. The van der Waals surface area contributed by atoms with Gasteiger partial charge in [-0.1, -0.05) is 23.9 Å². The number of imidazole rings is 1. The molecule has 1 N–H and O–H groups in total. The fourth-order valence-corrected chi connectivity index (χ4v) is 2.50. The molecule has 0 fully saturated rings. The van der Waals surface area contributed by atoms with Crippen molar-refractivity contribution in [3.05, 3.63) is 42.2 Å². The molecular weight excluding hydrogens is 272 g/mol. The first-order chi connectivity index (χ1) is 9.70. The lowest BCUT2D eigenvalue weighted by molar-refractivity contribution is -0.115. The molecule has 1 heterocycles. The van der Waals surface area contributed by atoms with Crippen molar-refractivity contribution in [2.75, 3.05) is 11.1 Å². The number of nitrogens with zero attached hydrogens (tertiary/aromatic N) is 3. The number of carbonyl (C=O) groups excluding carboxylic acids is 1. The van der Waals surface area contributed by atoms with Gasteiger partial charge >= 0.3 is 0 Å². The molecular formula is C14H14N4OS. The number of anilines is 1. The molecule has 0 unspecified atom stereocenters. The molecule has 1 amide bonds. The van der Waals surface area contributed by atoms with Crippen molar-refractivity contribution in [2.45, 2.75) is 11.6 Å². The number of rotatable bonds is 5. The lowest BCUT2D eigenvalue weighted by Gasteiger charge is -2.06. The lowest BCUT2D eigenvalue weighted by atomic mass is 10.2. The minimum atomic E-state index is -0.102. The molecule has 0 saturated heterocycles. The number of amides is 1. The molecule has 2 rings (SSSR count). The Kier molecular flexibility index (Phi) is 4.80. The first kappa shape index (κ1) is 14.2. The summed E-state index contributed by atoms with van der Waals surface area (Å²) in [5, 5.41) is 12.6. The van der Waals surface area contributed by atoms with Gasteiger partial charge in [0.2, 0.25) is 5.91 Å². The van der Waals surface area contributed by atoms with Crippen LogP contribution in [0.2, 0.25) is 0 Å². The minimum absolute atomic E-state index is 0.102. The van der Waals surface area contributed by atoms with E-state index in [2.05, 4.69) is 16.4 Å². The number of aryl methyl sites for hydroxylation is 1. The average Bonchev–Trinajstić information content (AvgIpc) is 2.85. The molecule has 0 bridgehead atoms. The van der Waals surface area contributed by atoms with E-state index in [-0.39, 0.29) is 5.91 Å². The zero-order chi connectivity index (χ0) is 14.4. The summed E-state index contributed by atoms with van der Waals surface area (Å²) in [5.74, 6) is 0.542. The zero-order valence-electron chi connectivity index (χ0n) is 11.0. The third-order valence-electron chi connectivity index (χ3n) is 2.66. The Morgan fingerprint density at radius 1 is 1.50 bits per heavy atom. The summed E-state index contributed by atoms with van der Waals surface area (Å²) in [7, 11) is 1.92. The third-order valence-corrected chi connectivity index (χ3v) is 3.72. The molecule has 102 valence electrons. The highest BCUT2D eigenvalue weighted by molar-refractivity contribution is 7.99. The molecule has 0 atom stereocenters. The van der Waals surface area contributed by atoms with Gasteiger partial charge in [-0.05, 0) is 12.1 Å². The first-order valence-corrected chi connectivity index (χ1v) is 7.08. The number of nitrogens with one attached hydrogen (secondary N) is 1. The summed E-state index contributed by atoms with van der Waals surface area (Å²) in [6.07, 6.45) is 3.97. The fraction of sp³-hybridized carbons (Fsp3) is 0.214. The molecule has 0 saturated carbocycles. The van der Waals surface area contributed by atoms with Gasteiger partial charge in [0.15, 0.2) is 5.16 Å². The Hall–Kier alpha value is -2.26. The smallest absolute Gasteiger partial charge is 0.225 e. The van der Waals surface area contributed by atoms with E-state index in [0.717, 1.165) is 5.16 Å². The summed E-state index contributed by atoms with van der Waals surface area (Å²) >= 11 is 1.53. The second-order valence-corrected chi connectivity index (χ2v) is 5.19. The molecule has 0 radical (unpaired) electrons. The van der Waals surface area contributed by atoms with E-state index < -0.39 is 0 Å². The molecule has 0 aliphatic heterocycles. The van der Waals surface area contributed by atoms with Crippen LogP contribution in [-0.4, -0.2) is 21.2 Å². The standard InChI is InChI=1S/C14H14N4OS/c1-18-8-7-16-14(18)20-9-6-13(19)17-12-5-3-2-4-11(12)10-15/h2-5,7-8H,6,9H2,1H3,(H,17,19). The van der Waals surface area contributed by atoms with Gasteiger partial charge in [0.25, 0.3) is 0 Å². The summed E-state index contributed by atoms with van der Waals surface area (Å²) in [4.78, 5) is 16.0. The van der Waals surface area contributed by atoms with E-state index in [1.807, 2.05) is 17.8 Å². The number of benzene rings is 1. The van der Waals surface area contributed by atoms with Crippen LogP contribution in [0.3, 0.4) is 0 Å². The Balaban J connectivity index is 1.84. The number of para-hydroxylation sites is 1. The van der Waals surface area contributed by atoms with Crippen LogP contribution in [0.4, 0.5) is 5.69 Å². The summed E-state index contributed by atoms with van der Waals surface area (Å²) in [6, 6.07) is 9.02. The van der Waals surface area contributed by atoms with Crippen molar-refractivity contribution in [3.63, 3.8) is 0 Å². The molecule has 5 nitrogen and oxygen atoms in total. The van der Waals surface area contributed by atoms with Crippen LogP contribution >= 0.6 is 11.8 Å². The van der Waals surface area contributed by atoms with E-state index in [9.17, 15) is 4.79 Å². The van der Waals surface area contributed by atoms with Crippen molar-refractivity contribution in [1.82, 2.24) is 9.55 Å². The Morgan fingerprint density at radius 3 is 3.00 bits per heavy atom. The number of hydrogen-bond donors (Lipinski definition) is 1. The highest BCUT2D eigenvalue weighted by Gasteiger charge is 2.07. The van der Waals surface area contributed by atoms with E-state index in [0.29, 0.717) is 23.4 Å². The Labute approximate surface area is 121 Å². The molecule has 0 aliphatic rings. The van der Waals surface area contributed by atoms with Crippen LogP contribution in [0.15, 0.2) is 41.8 Å². The molecule has 2 aromatic rings. The Morgan fingerprint density at radius 2 is 2.30 bits per heavy atom. The summed E-state index contributed by atoms with van der Waals surface area (Å²) in [5.41, 5.74) is 1.03. The van der Waals surface area contributed by atoms with Crippen molar-refractivity contribution in [1.29, 1.82) is 5.26 Å². The van der Waals surface area contributed by atoms with Gasteiger partial charge in [0.1, 0.15) is 6.07 Å². The van der Waals surface area contributed by atoms with Crippen LogP contribution in [0.5, 0.6) is 0 Å². The summed E-state index contributed by atoms with van der Waals surface area (Å²) in [6.45, 7) is 0. The summed E-state index contributed by atoms with van der Waals surface area (Å²) < 4.78 is 1.91. The van der Waals surface area contributed by atoms with Gasteiger partial charge in [-0.25, -0.2) is 4.98 Å². The third kappa shape index (κ3) is 3.62. The van der Waals surface area contributed by atoms with Gasteiger partial charge in [0, 0.05) is 31.6 Å². The Bertz CT molecular complexity index is 645. The van der Waals surface area contributed by atoms with Crippen LogP contribution in [0.1, 0.15) is 12.0 Å². The van der Waals surface area contributed by atoms with Crippen LogP contribution < -0.4 is 5.32 Å². The minimum Gasteiger partial charge on any atom is -0.329 e. The average molecular weight is 286 g/mol. The number of aromatic nitrogens is 2. The van der Waals surface area contributed by atoms with E-state index >= 15 is 0 Å². The predicted octanol–water partition coefficient (Wildman–Crippen LogP) is 2.41. The second kappa shape index (κ2) is 6.78. The van der Waals surface area contributed by atoms with Crippen molar-refractivity contribution in [3.8, 4) is 6.07 Å². The van der Waals surface area contributed by atoms with E-state index in [1.54, 1.807) is 30.5 Å². The van der Waals surface area contributed by atoms with E-state index in [4.69, 9.17) is 5.26 Å². The van der Waals surface area contributed by atoms with Crippen molar-refractivity contribution < 1.29 is 4.79 Å². The second-order valence-electron chi connectivity index (χ2n) is 4.12. The van der Waals surface area contributed by atoms with Gasteiger partial charge < -0.3 is 9.88 Å². The fourth-order valence-electron chi connectivity index (χ4n) is 1.63.